The van der Waals surface area contributed by atoms with Crippen molar-refractivity contribution in [1.29, 1.82) is 0 Å². The summed E-state index contributed by atoms with van der Waals surface area (Å²) in [6.45, 7) is 4.41. The van der Waals surface area contributed by atoms with E-state index in [1.807, 2.05) is 47.9 Å². The molecule has 3 heteroatoms. The fraction of sp³-hybridized carbons (Fsp3) is 0.133. The van der Waals surface area contributed by atoms with Crippen LogP contribution in [0.2, 0.25) is 0 Å². The molecule has 160 valence electrons. The lowest BCUT2D eigenvalue weighted by molar-refractivity contribution is 0.912. The molecule has 33 heavy (non-hydrogen) atoms. The van der Waals surface area contributed by atoms with Gasteiger partial charge in [-0.05, 0) is 77.4 Å². The van der Waals surface area contributed by atoms with E-state index >= 15 is 0 Å². The van der Waals surface area contributed by atoms with E-state index in [9.17, 15) is 0 Å². The van der Waals surface area contributed by atoms with Crippen LogP contribution in [-0.4, -0.2) is 9.97 Å². The summed E-state index contributed by atoms with van der Waals surface area (Å²) in [5.74, 6) is 3.49. The van der Waals surface area contributed by atoms with Crippen LogP contribution >= 0.6 is 11.3 Å². The second-order valence-corrected chi connectivity index (χ2v) is 9.48. The molecule has 0 unspecified atom stereocenters. The molecule has 0 spiro atoms. The Bertz CT molecular complexity index is 1430. The Balaban J connectivity index is 1.39. The number of hydrogen-bond donors (Lipinski definition) is 0. The summed E-state index contributed by atoms with van der Waals surface area (Å²) in [7, 11) is 0. The molecule has 0 saturated carbocycles. The van der Waals surface area contributed by atoms with Crippen LogP contribution < -0.4 is 0 Å². The predicted molar refractivity (Wildman–Crippen MR) is 139 cm³/mol. The first-order valence-electron chi connectivity index (χ1n) is 11.0. The fourth-order valence-electron chi connectivity index (χ4n) is 4.25. The summed E-state index contributed by atoms with van der Waals surface area (Å²) in [4.78, 5) is 10.7. The van der Waals surface area contributed by atoms with Gasteiger partial charge in [0, 0.05) is 39.9 Å². The molecule has 0 radical (unpaired) electrons. The van der Waals surface area contributed by atoms with Crippen molar-refractivity contribution in [3.05, 3.63) is 118 Å². The van der Waals surface area contributed by atoms with Gasteiger partial charge in [-0.2, -0.15) is 0 Å². The summed E-state index contributed by atoms with van der Waals surface area (Å²) in [6, 6.07) is 25.5. The Kier molecular flexibility index (Phi) is 5.77. The quantitative estimate of drug-likeness (QED) is 0.269. The van der Waals surface area contributed by atoms with Gasteiger partial charge >= 0.3 is 0 Å². The highest BCUT2D eigenvalue weighted by atomic mass is 32.1. The topological polar surface area (TPSA) is 25.8 Å². The lowest BCUT2D eigenvalue weighted by atomic mass is 9.95. The van der Waals surface area contributed by atoms with E-state index in [4.69, 9.17) is 11.4 Å². The van der Waals surface area contributed by atoms with Gasteiger partial charge in [0.2, 0.25) is 0 Å². The average Bonchev–Trinajstić information content (AvgIpc) is 3.27. The zero-order valence-electron chi connectivity index (χ0n) is 18.8. The summed E-state index contributed by atoms with van der Waals surface area (Å²) in [5.41, 5.74) is 8.31. The molecule has 5 aromatic rings. The number of nitrogens with zero attached hydrogens (tertiary/aromatic N) is 2. The molecule has 0 atom stereocenters. The third kappa shape index (κ3) is 4.58. The van der Waals surface area contributed by atoms with Crippen LogP contribution in [-0.2, 0) is 12.8 Å². The van der Waals surface area contributed by atoms with Gasteiger partial charge in [-0.15, -0.1) is 17.8 Å². The number of rotatable bonds is 5. The number of fused-ring (bicyclic) bond motifs is 1. The number of hydrogen-bond acceptors (Lipinski definition) is 3. The molecule has 2 heterocycles. The summed E-state index contributed by atoms with van der Waals surface area (Å²) in [5, 5.41) is 1.30. The molecule has 0 bridgehead atoms. The standard InChI is InChI=1S/C30H24N2S/c1-4-22-9-11-23(12-10-22)17-30-31-14-13-26(32-30)19-27-20(2)15-25(16-21(27)3)29-18-24-7-5-6-8-28(24)33-29/h1,5-16,18H,17,19H2,2-3H3. The number of terminal acetylenes is 1. The van der Waals surface area contributed by atoms with Crippen molar-refractivity contribution < 1.29 is 0 Å². The number of benzene rings is 3. The second-order valence-electron chi connectivity index (χ2n) is 8.40. The van der Waals surface area contributed by atoms with E-state index in [1.54, 1.807) is 0 Å². The molecular weight excluding hydrogens is 420 g/mol. The maximum atomic E-state index is 5.46. The van der Waals surface area contributed by atoms with Gasteiger partial charge < -0.3 is 0 Å². The largest absolute Gasteiger partial charge is 0.241 e. The van der Waals surface area contributed by atoms with Gasteiger partial charge in [-0.25, -0.2) is 9.97 Å². The number of aryl methyl sites for hydroxylation is 2. The van der Waals surface area contributed by atoms with Gasteiger partial charge in [0.25, 0.3) is 0 Å². The van der Waals surface area contributed by atoms with Crippen LogP contribution in [0.1, 0.15) is 39.3 Å². The molecule has 0 aliphatic rings. The van der Waals surface area contributed by atoms with Crippen molar-refractivity contribution >= 4 is 21.4 Å². The Morgan fingerprint density at radius 2 is 1.64 bits per heavy atom. The Labute approximate surface area is 199 Å². The monoisotopic (exact) mass is 444 g/mol. The predicted octanol–water partition coefficient (Wildman–Crippen LogP) is 7.14. The lowest BCUT2D eigenvalue weighted by Gasteiger charge is -2.12. The Morgan fingerprint density at radius 1 is 0.879 bits per heavy atom. The van der Waals surface area contributed by atoms with E-state index in [-0.39, 0.29) is 0 Å². The highest BCUT2D eigenvalue weighted by molar-refractivity contribution is 7.22. The SMILES string of the molecule is C#Cc1ccc(Cc2nccc(Cc3c(C)cc(-c4cc5ccccc5s4)cc3C)n2)cc1. The third-order valence-electron chi connectivity index (χ3n) is 6.01. The van der Waals surface area contributed by atoms with Crippen molar-refractivity contribution in [3.8, 4) is 22.8 Å². The molecule has 0 aliphatic carbocycles. The minimum Gasteiger partial charge on any atom is -0.241 e. The maximum absolute atomic E-state index is 5.46. The average molecular weight is 445 g/mol. The highest BCUT2D eigenvalue weighted by Gasteiger charge is 2.11. The first-order chi connectivity index (χ1) is 16.1. The van der Waals surface area contributed by atoms with Crippen molar-refractivity contribution in [2.45, 2.75) is 26.7 Å². The van der Waals surface area contributed by atoms with E-state index in [0.717, 1.165) is 29.1 Å². The summed E-state index contributed by atoms with van der Waals surface area (Å²) >= 11 is 1.85. The molecule has 0 N–H and O–H groups in total. The van der Waals surface area contributed by atoms with Crippen LogP contribution in [0, 0.1) is 26.2 Å². The lowest BCUT2D eigenvalue weighted by Crippen LogP contribution is -2.03. The normalized spacial score (nSPS) is 10.9. The minimum atomic E-state index is 0.696. The number of aromatic nitrogens is 2. The second kappa shape index (κ2) is 9.02. The summed E-state index contributed by atoms with van der Waals surface area (Å²) < 4.78 is 1.33. The first-order valence-corrected chi connectivity index (χ1v) is 11.9. The smallest absolute Gasteiger partial charge is 0.132 e. The zero-order chi connectivity index (χ0) is 22.8. The van der Waals surface area contributed by atoms with Gasteiger partial charge in [0.15, 0.2) is 0 Å². The maximum Gasteiger partial charge on any atom is 0.132 e. The summed E-state index contributed by atoms with van der Waals surface area (Å²) in [6.07, 6.45) is 8.82. The van der Waals surface area contributed by atoms with Crippen molar-refractivity contribution in [1.82, 2.24) is 9.97 Å². The van der Waals surface area contributed by atoms with Crippen LogP contribution in [0.4, 0.5) is 0 Å². The molecule has 0 saturated heterocycles. The van der Waals surface area contributed by atoms with Gasteiger partial charge in [0.05, 0.1) is 0 Å². The van der Waals surface area contributed by atoms with Gasteiger partial charge in [-0.3, -0.25) is 0 Å². The van der Waals surface area contributed by atoms with E-state index in [1.165, 1.54) is 37.2 Å². The van der Waals surface area contributed by atoms with Crippen LogP contribution in [0.3, 0.4) is 0 Å². The number of thiophene rings is 1. The van der Waals surface area contributed by atoms with Gasteiger partial charge in [0.1, 0.15) is 5.82 Å². The Morgan fingerprint density at radius 3 is 2.36 bits per heavy atom. The van der Waals surface area contributed by atoms with Crippen LogP contribution in [0.5, 0.6) is 0 Å². The molecule has 0 amide bonds. The van der Waals surface area contributed by atoms with Crippen molar-refractivity contribution in [2.24, 2.45) is 0 Å². The van der Waals surface area contributed by atoms with Crippen molar-refractivity contribution in [2.75, 3.05) is 0 Å². The minimum absolute atomic E-state index is 0.696. The molecule has 5 rings (SSSR count). The fourth-order valence-corrected chi connectivity index (χ4v) is 5.30. The molecule has 2 aromatic heterocycles. The molecule has 2 nitrogen and oxygen atoms in total. The van der Waals surface area contributed by atoms with E-state index < -0.39 is 0 Å². The first kappa shape index (κ1) is 21.1. The zero-order valence-corrected chi connectivity index (χ0v) is 19.6. The van der Waals surface area contributed by atoms with E-state index in [0.29, 0.717) is 6.42 Å². The van der Waals surface area contributed by atoms with Crippen LogP contribution in [0.15, 0.2) is 79.0 Å². The third-order valence-corrected chi connectivity index (χ3v) is 7.18. The van der Waals surface area contributed by atoms with Crippen LogP contribution in [0.25, 0.3) is 20.5 Å². The molecular formula is C30H24N2S. The molecule has 0 aliphatic heterocycles. The molecule has 3 aromatic carbocycles. The van der Waals surface area contributed by atoms with Crippen molar-refractivity contribution in [3.63, 3.8) is 0 Å². The highest BCUT2D eigenvalue weighted by Crippen LogP contribution is 2.35. The Hall–Kier alpha value is -3.74. The van der Waals surface area contributed by atoms with E-state index in [2.05, 4.69) is 67.2 Å². The molecule has 0 fully saturated rings. The van der Waals surface area contributed by atoms with Gasteiger partial charge in [-0.1, -0.05) is 48.4 Å².